The molecule has 1 fully saturated rings. The summed E-state index contributed by atoms with van der Waals surface area (Å²) in [5, 5.41) is 15.1. The minimum Gasteiger partial charge on any atom is -0.393 e. The number of benzene rings is 1. The van der Waals surface area contributed by atoms with Crippen molar-refractivity contribution in [1.29, 1.82) is 0 Å². The molecule has 1 aromatic rings. The Morgan fingerprint density at radius 3 is 2.62 bits per heavy atom. The van der Waals surface area contributed by atoms with Gasteiger partial charge in [-0.15, -0.1) is 0 Å². The number of carbonyl (C=O) groups excluding carboxylic acids is 2. The monoisotopic (exact) mass is 290 g/mol. The van der Waals surface area contributed by atoms with Gasteiger partial charge in [-0.1, -0.05) is 6.07 Å². The maximum absolute atomic E-state index is 12.1. The molecule has 1 aromatic carbocycles. The van der Waals surface area contributed by atoms with E-state index in [9.17, 15) is 14.7 Å². The molecule has 0 atom stereocenters. The van der Waals surface area contributed by atoms with Crippen molar-refractivity contribution in [3.63, 3.8) is 0 Å². The Morgan fingerprint density at radius 1 is 1.24 bits per heavy atom. The Bertz CT molecular complexity index is 508. The lowest BCUT2D eigenvalue weighted by Crippen LogP contribution is -2.32. The van der Waals surface area contributed by atoms with Crippen molar-refractivity contribution < 1.29 is 14.7 Å². The molecule has 5 heteroatoms. The van der Waals surface area contributed by atoms with Crippen molar-refractivity contribution >= 4 is 17.5 Å². The van der Waals surface area contributed by atoms with Gasteiger partial charge in [-0.25, -0.2) is 0 Å². The highest BCUT2D eigenvalue weighted by Crippen LogP contribution is 2.23. The molecule has 0 unspecified atom stereocenters. The second-order valence-electron chi connectivity index (χ2n) is 5.65. The molecule has 3 N–H and O–H groups in total. The standard InChI is InChI=1S/C16H22N2O3/c1-11(19)18-14-4-2-3-13(9-14)16(21)17-10-12-5-7-15(20)8-6-12/h2-4,9,12,15,20H,5-8,10H2,1H3,(H,17,21)(H,18,19). The van der Waals surface area contributed by atoms with Crippen LogP contribution in [-0.4, -0.2) is 29.6 Å². The highest BCUT2D eigenvalue weighted by atomic mass is 16.3. The van der Waals surface area contributed by atoms with Crippen LogP contribution in [0.4, 0.5) is 5.69 Å². The summed E-state index contributed by atoms with van der Waals surface area (Å²) in [6, 6.07) is 6.89. The van der Waals surface area contributed by atoms with Crippen LogP contribution in [-0.2, 0) is 4.79 Å². The molecule has 1 aliphatic rings. The topological polar surface area (TPSA) is 78.4 Å². The minimum absolute atomic E-state index is 0.131. The molecular weight excluding hydrogens is 268 g/mol. The molecule has 2 rings (SSSR count). The number of aliphatic hydroxyl groups is 1. The average Bonchev–Trinajstić information content (AvgIpc) is 2.46. The average molecular weight is 290 g/mol. The van der Waals surface area contributed by atoms with E-state index >= 15 is 0 Å². The largest absolute Gasteiger partial charge is 0.393 e. The molecular formula is C16H22N2O3. The van der Waals surface area contributed by atoms with Crippen molar-refractivity contribution in [3.05, 3.63) is 29.8 Å². The fourth-order valence-corrected chi connectivity index (χ4v) is 2.63. The van der Waals surface area contributed by atoms with Crippen molar-refractivity contribution in [2.24, 2.45) is 5.92 Å². The molecule has 0 heterocycles. The van der Waals surface area contributed by atoms with Gasteiger partial charge in [0, 0.05) is 24.7 Å². The van der Waals surface area contributed by atoms with Gasteiger partial charge in [0.2, 0.25) is 5.91 Å². The number of carbonyl (C=O) groups is 2. The van der Waals surface area contributed by atoms with Gasteiger partial charge < -0.3 is 15.7 Å². The van der Waals surface area contributed by atoms with Gasteiger partial charge >= 0.3 is 0 Å². The quantitative estimate of drug-likeness (QED) is 0.793. The van der Waals surface area contributed by atoms with Gasteiger partial charge in [0.15, 0.2) is 0 Å². The number of nitrogens with one attached hydrogen (secondary N) is 2. The first-order valence-corrected chi connectivity index (χ1v) is 7.38. The summed E-state index contributed by atoms with van der Waals surface area (Å²) < 4.78 is 0. The Hall–Kier alpha value is -1.88. The summed E-state index contributed by atoms with van der Waals surface area (Å²) in [6.07, 6.45) is 3.36. The van der Waals surface area contributed by atoms with Crippen LogP contribution in [0.15, 0.2) is 24.3 Å². The first kappa shape index (κ1) is 15.5. The van der Waals surface area contributed by atoms with Crippen LogP contribution in [0.25, 0.3) is 0 Å². The predicted molar refractivity (Wildman–Crippen MR) is 81.0 cm³/mol. The smallest absolute Gasteiger partial charge is 0.251 e. The number of amides is 2. The van der Waals surface area contributed by atoms with Crippen LogP contribution in [0.3, 0.4) is 0 Å². The van der Waals surface area contributed by atoms with Crippen LogP contribution < -0.4 is 10.6 Å². The molecule has 5 nitrogen and oxygen atoms in total. The molecule has 0 bridgehead atoms. The van der Waals surface area contributed by atoms with E-state index in [2.05, 4.69) is 10.6 Å². The first-order valence-electron chi connectivity index (χ1n) is 7.38. The SMILES string of the molecule is CC(=O)Nc1cccc(C(=O)NCC2CCC(O)CC2)c1. The number of rotatable bonds is 4. The zero-order valence-corrected chi connectivity index (χ0v) is 12.3. The molecule has 0 aromatic heterocycles. The fraction of sp³-hybridized carbons (Fsp3) is 0.500. The van der Waals surface area contributed by atoms with E-state index in [1.54, 1.807) is 24.3 Å². The van der Waals surface area contributed by atoms with Gasteiger partial charge in [-0.3, -0.25) is 9.59 Å². The summed E-state index contributed by atoms with van der Waals surface area (Å²) in [5.41, 5.74) is 1.16. The van der Waals surface area contributed by atoms with Gasteiger partial charge in [0.25, 0.3) is 5.91 Å². The normalized spacial score (nSPS) is 21.6. The molecule has 0 radical (unpaired) electrons. The van der Waals surface area contributed by atoms with Crippen LogP contribution in [0.5, 0.6) is 0 Å². The third-order valence-electron chi connectivity index (χ3n) is 3.81. The van der Waals surface area contributed by atoms with E-state index in [1.165, 1.54) is 6.92 Å². The number of anilines is 1. The van der Waals surface area contributed by atoms with Crippen LogP contribution in [0, 0.1) is 5.92 Å². The van der Waals surface area contributed by atoms with Gasteiger partial charge in [-0.2, -0.15) is 0 Å². The predicted octanol–water partition coefficient (Wildman–Crippen LogP) is 1.93. The minimum atomic E-state index is -0.175. The Labute approximate surface area is 124 Å². The Morgan fingerprint density at radius 2 is 1.95 bits per heavy atom. The summed E-state index contributed by atoms with van der Waals surface area (Å²) in [5.74, 6) is 0.150. The summed E-state index contributed by atoms with van der Waals surface area (Å²) in [7, 11) is 0. The van der Waals surface area contributed by atoms with Crippen molar-refractivity contribution in [2.75, 3.05) is 11.9 Å². The van der Waals surface area contributed by atoms with Gasteiger partial charge in [0.1, 0.15) is 0 Å². The molecule has 1 aliphatic carbocycles. The first-order chi connectivity index (χ1) is 10.0. The molecule has 21 heavy (non-hydrogen) atoms. The molecule has 0 aliphatic heterocycles. The van der Waals surface area contributed by atoms with Crippen LogP contribution in [0.2, 0.25) is 0 Å². The molecule has 0 saturated heterocycles. The van der Waals surface area contributed by atoms with E-state index < -0.39 is 0 Å². The molecule has 2 amide bonds. The van der Waals surface area contributed by atoms with E-state index in [-0.39, 0.29) is 17.9 Å². The summed E-state index contributed by atoms with van der Waals surface area (Å²) in [6.45, 7) is 2.07. The zero-order chi connectivity index (χ0) is 15.2. The maximum atomic E-state index is 12.1. The van der Waals surface area contributed by atoms with E-state index in [0.717, 1.165) is 25.7 Å². The van der Waals surface area contributed by atoms with Crippen molar-refractivity contribution in [1.82, 2.24) is 5.32 Å². The van der Waals surface area contributed by atoms with Gasteiger partial charge in [0.05, 0.1) is 6.10 Å². The summed E-state index contributed by atoms with van der Waals surface area (Å²) in [4.78, 5) is 23.1. The third-order valence-corrected chi connectivity index (χ3v) is 3.81. The van der Waals surface area contributed by atoms with Crippen molar-refractivity contribution in [2.45, 2.75) is 38.7 Å². The van der Waals surface area contributed by atoms with Crippen LogP contribution >= 0.6 is 0 Å². The lowest BCUT2D eigenvalue weighted by Gasteiger charge is -2.25. The van der Waals surface area contributed by atoms with E-state index in [4.69, 9.17) is 0 Å². The highest BCUT2D eigenvalue weighted by molar-refractivity contribution is 5.96. The van der Waals surface area contributed by atoms with Crippen molar-refractivity contribution in [3.8, 4) is 0 Å². The van der Waals surface area contributed by atoms with Crippen LogP contribution in [0.1, 0.15) is 43.0 Å². The molecule has 1 saturated carbocycles. The number of aliphatic hydroxyl groups excluding tert-OH is 1. The second-order valence-corrected chi connectivity index (χ2v) is 5.65. The summed E-state index contributed by atoms with van der Waals surface area (Å²) >= 11 is 0. The van der Waals surface area contributed by atoms with E-state index in [1.807, 2.05) is 0 Å². The molecule has 114 valence electrons. The number of hydrogen-bond acceptors (Lipinski definition) is 3. The Kier molecular flexibility index (Phi) is 5.33. The lowest BCUT2D eigenvalue weighted by molar-refractivity contribution is -0.114. The fourth-order valence-electron chi connectivity index (χ4n) is 2.63. The molecule has 0 spiro atoms. The second kappa shape index (κ2) is 7.22. The highest BCUT2D eigenvalue weighted by Gasteiger charge is 2.19. The number of hydrogen-bond donors (Lipinski definition) is 3. The Balaban J connectivity index is 1.86. The van der Waals surface area contributed by atoms with E-state index in [0.29, 0.717) is 23.7 Å². The third kappa shape index (κ3) is 4.86. The maximum Gasteiger partial charge on any atom is 0.251 e. The lowest BCUT2D eigenvalue weighted by atomic mass is 9.87. The van der Waals surface area contributed by atoms with Gasteiger partial charge in [-0.05, 0) is 49.8 Å². The zero-order valence-electron chi connectivity index (χ0n) is 12.3.